The van der Waals surface area contributed by atoms with Gasteiger partial charge in [-0.2, -0.15) is 0 Å². The summed E-state index contributed by atoms with van der Waals surface area (Å²) in [6.07, 6.45) is 4.54. The normalized spacial score (nSPS) is 24.1. The molecule has 0 saturated carbocycles. The van der Waals surface area contributed by atoms with Crippen LogP contribution in [0.5, 0.6) is 0 Å². The summed E-state index contributed by atoms with van der Waals surface area (Å²) >= 11 is 0. The molecule has 1 N–H and O–H groups in total. The molecule has 0 amide bonds. The molecule has 2 rings (SSSR count). The number of ether oxygens (including phenoxy) is 1. The summed E-state index contributed by atoms with van der Waals surface area (Å²) in [7, 11) is 0. The minimum Gasteiger partial charge on any atom is -0.378 e. The quantitative estimate of drug-likeness (QED) is 0.843. The number of aryl methyl sites for hydroxylation is 1. The minimum atomic E-state index is 0.439. The summed E-state index contributed by atoms with van der Waals surface area (Å²) < 4.78 is 5.67. The highest BCUT2D eigenvalue weighted by molar-refractivity contribution is 5.01. The highest BCUT2D eigenvalue weighted by Gasteiger charge is 2.25. The summed E-state index contributed by atoms with van der Waals surface area (Å²) in [5.74, 6) is 1.49. The number of nitrogens with one attached hydrogen (secondary N) is 1. The van der Waals surface area contributed by atoms with Crippen LogP contribution in [0.1, 0.15) is 31.3 Å². The molecule has 2 atom stereocenters. The van der Waals surface area contributed by atoms with Gasteiger partial charge in [0.15, 0.2) is 0 Å². The minimum absolute atomic E-state index is 0.439. The zero-order valence-corrected chi connectivity index (χ0v) is 10.6. The van der Waals surface area contributed by atoms with Crippen molar-refractivity contribution in [2.24, 2.45) is 5.92 Å². The SMILES string of the molecule is CCC1OCCC1CNCc1ccnc(C)n1. The fraction of sp³-hybridized carbons (Fsp3) is 0.692. The standard InChI is InChI=1S/C13H21N3O/c1-3-13-11(5-7-17-13)8-14-9-12-4-6-15-10(2)16-12/h4,6,11,13-14H,3,5,7-9H2,1-2H3. The molecular formula is C13H21N3O. The molecule has 4 nitrogen and oxygen atoms in total. The van der Waals surface area contributed by atoms with Gasteiger partial charge in [0.1, 0.15) is 5.82 Å². The van der Waals surface area contributed by atoms with Crippen LogP contribution in [0.2, 0.25) is 0 Å². The molecule has 0 bridgehead atoms. The largest absolute Gasteiger partial charge is 0.378 e. The lowest BCUT2D eigenvalue weighted by molar-refractivity contribution is 0.0872. The lowest BCUT2D eigenvalue weighted by Gasteiger charge is -2.17. The van der Waals surface area contributed by atoms with E-state index in [1.54, 1.807) is 0 Å². The number of rotatable bonds is 5. The Labute approximate surface area is 103 Å². The van der Waals surface area contributed by atoms with Gasteiger partial charge < -0.3 is 10.1 Å². The molecule has 0 radical (unpaired) electrons. The molecule has 4 heteroatoms. The third-order valence-electron chi connectivity index (χ3n) is 3.30. The van der Waals surface area contributed by atoms with Gasteiger partial charge in [-0.1, -0.05) is 6.92 Å². The zero-order valence-electron chi connectivity index (χ0n) is 10.6. The monoisotopic (exact) mass is 235 g/mol. The van der Waals surface area contributed by atoms with Crippen molar-refractivity contribution in [3.63, 3.8) is 0 Å². The third-order valence-corrected chi connectivity index (χ3v) is 3.30. The summed E-state index contributed by atoms with van der Waals surface area (Å²) in [5, 5.41) is 3.46. The second kappa shape index (κ2) is 6.07. The van der Waals surface area contributed by atoms with Crippen LogP contribution in [0.3, 0.4) is 0 Å². The first-order valence-electron chi connectivity index (χ1n) is 6.40. The first-order valence-corrected chi connectivity index (χ1v) is 6.40. The second-order valence-corrected chi connectivity index (χ2v) is 4.59. The fourth-order valence-corrected chi connectivity index (χ4v) is 2.37. The van der Waals surface area contributed by atoms with Gasteiger partial charge in [0.2, 0.25) is 0 Å². The van der Waals surface area contributed by atoms with E-state index < -0.39 is 0 Å². The van der Waals surface area contributed by atoms with Crippen molar-refractivity contribution in [1.82, 2.24) is 15.3 Å². The molecule has 2 heterocycles. The molecule has 1 saturated heterocycles. The Morgan fingerprint density at radius 3 is 3.18 bits per heavy atom. The molecular weight excluding hydrogens is 214 g/mol. The van der Waals surface area contributed by atoms with Crippen molar-refractivity contribution < 1.29 is 4.74 Å². The predicted octanol–water partition coefficient (Wildman–Crippen LogP) is 1.69. The van der Waals surface area contributed by atoms with Gasteiger partial charge in [-0.05, 0) is 31.7 Å². The van der Waals surface area contributed by atoms with E-state index in [9.17, 15) is 0 Å². The first-order chi connectivity index (χ1) is 8.29. The van der Waals surface area contributed by atoms with Crippen molar-refractivity contribution in [2.45, 2.75) is 39.3 Å². The molecule has 1 fully saturated rings. The molecule has 0 aliphatic carbocycles. The number of hydrogen-bond donors (Lipinski definition) is 1. The molecule has 1 aromatic rings. The van der Waals surface area contributed by atoms with E-state index in [1.807, 2.05) is 19.2 Å². The average Bonchev–Trinajstić information content (AvgIpc) is 2.77. The van der Waals surface area contributed by atoms with Gasteiger partial charge in [0, 0.05) is 25.9 Å². The van der Waals surface area contributed by atoms with E-state index in [4.69, 9.17) is 4.74 Å². The zero-order chi connectivity index (χ0) is 12.1. The van der Waals surface area contributed by atoms with Crippen LogP contribution < -0.4 is 5.32 Å². The van der Waals surface area contributed by atoms with Crippen LogP contribution in [0, 0.1) is 12.8 Å². The van der Waals surface area contributed by atoms with E-state index >= 15 is 0 Å². The lowest BCUT2D eigenvalue weighted by atomic mass is 10.00. The predicted molar refractivity (Wildman–Crippen MR) is 66.6 cm³/mol. The van der Waals surface area contributed by atoms with Gasteiger partial charge in [0.05, 0.1) is 11.8 Å². The Morgan fingerprint density at radius 1 is 1.53 bits per heavy atom. The van der Waals surface area contributed by atoms with E-state index in [-0.39, 0.29) is 0 Å². The molecule has 0 aromatic carbocycles. The van der Waals surface area contributed by atoms with Gasteiger partial charge in [-0.3, -0.25) is 0 Å². The molecule has 1 aliphatic rings. The van der Waals surface area contributed by atoms with Gasteiger partial charge in [-0.15, -0.1) is 0 Å². The van der Waals surface area contributed by atoms with E-state index in [0.29, 0.717) is 12.0 Å². The van der Waals surface area contributed by atoms with Crippen LogP contribution in [0.4, 0.5) is 0 Å². The maximum Gasteiger partial charge on any atom is 0.125 e. The van der Waals surface area contributed by atoms with Crippen LogP contribution >= 0.6 is 0 Å². The maximum atomic E-state index is 5.67. The van der Waals surface area contributed by atoms with Gasteiger partial charge >= 0.3 is 0 Å². The van der Waals surface area contributed by atoms with Crippen LogP contribution in [0.25, 0.3) is 0 Å². The number of nitrogens with zero attached hydrogens (tertiary/aromatic N) is 2. The molecule has 0 spiro atoms. The Morgan fingerprint density at radius 2 is 2.41 bits per heavy atom. The Bertz CT molecular complexity index is 356. The van der Waals surface area contributed by atoms with Crippen molar-refractivity contribution >= 4 is 0 Å². The second-order valence-electron chi connectivity index (χ2n) is 4.59. The molecule has 94 valence electrons. The molecule has 2 unspecified atom stereocenters. The Balaban J connectivity index is 1.76. The van der Waals surface area contributed by atoms with Gasteiger partial charge in [-0.25, -0.2) is 9.97 Å². The number of aromatic nitrogens is 2. The van der Waals surface area contributed by atoms with E-state index in [0.717, 1.165) is 37.6 Å². The lowest BCUT2D eigenvalue weighted by Crippen LogP contribution is -2.28. The summed E-state index contributed by atoms with van der Waals surface area (Å²) in [6, 6.07) is 1.96. The molecule has 1 aliphatic heterocycles. The fourth-order valence-electron chi connectivity index (χ4n) is 2.37. The molecule has 1 aromatic heterocycles. The van der Waals surface area contributed by atoms with Crippen LogP contribution in [-0.4, -0.2) is 29.2 Å². The highest BCUT2D eigenvalue weighted by Crippen LogP contribution is 2.22. The van der Waals surface area contributed by atoms with E-state index in [1.165, 1.54) is 6.42 Å². The first kappa shape index (κ1) is 12.5. The van der Waals surface area contributed by atoms with E-state index in [2.05, 4.69) is 22.2 Å². The Kier molecular flexibility index (Phi) is 4.45. The van der Waals surface area contributed by atoms with Crippen LogP contribution in [0.15, 0.2) is 12.3 Å². The summed E-state index contributed by atoms with van der Waals surface area (Å²) in [6.45, 7) is 6.85. The Hall–Kier alpha value is -1.00. The van der Waals surface area contributed by atoms with Crippen molar-refractivity contribution in [3.8, 4) is 0 Å². The maximum absolute atomic E-state index is 5.67. The smallest absolute Gasteiger partial charge is 0.125 e. The average molecular weight is 235 g/mol. The summed E-state index contributed by atoms with van der Waals surface area (Å²) in [5.41, 5.74) is 1.06. The summed E-state index contributed by atoms with van der Waals surface area (Å²) in [4.78, 5) is 8.46. The molecule has 17 heavy (non-hydrogen) atoms. The third kappa shape index (κ3) is 3.48. The highest BCUT2D eigenvalue weighted by atomic mass is 16.5. The van der Waals surface area contributed by atoms with Crippen molar-refractivity contribution in [1.29, 1.82) is 0 Å². The number of hydrogen-bond acceptors (Lipinski definition) is 4. The van der Waals surface area contributed by atoms with Crippen LogP contribution in [-0.2, 0) is 11.3 Å². The van der Waals surface area contributed by atoms with Gasteiger partial charge in [0.25, 0.3) is 0 Å². The van der Waals surface area contributed by atoms with Crippen molar-refractivity contribution in [2.75, 3.05) is 13.2 Å². The van der Waals surface area contributed by atoms with Crippen molar-refractivity contribution in [3.05, 3.63) is 23.8 Å². The topological polar surface area (TPSA) is 47.0 Å².